The second kappa shape index (κ2) is 6.50. The van der Waals surface area contributed by atoms with E-state index in [1.54, 1.807) is 12.1 Å². The van der Waals surface area contributed by atoms with E-state index in [0.29, 0.717) is 28.8 Å². The van der Waals surface area contributed by atoms with Gasteiger partial charge >= 0.3 is 6.03 Å². The lowest BCUT2D eigenvalue weighted by Gasteiger charge is -2.27. The lowest BCUT2D eigenvalue weighted by molar-refractivity contribution is 0.232. The summed E-state index contributed by atoms with van der Waals surface area (Å²) in [5.74, 6) is 0.747. The molecule has 4 rings (SSSR count). The molecule has 1 atom stereocenters. The maximum absolute atomic E-state index is 12.4. The first-order chi connectivity index (χ1) is 12.1. The molecule has 0 bridgehead atoms. The lowest BCUT2D eigenvalue weighted by Crippen LogP contribution is -2.35. The van der Waals surface area contributed by atoms with Gasteiger partial charge in [-0.3, -0.25) is 0 Å². The Morgan fingerprint density at radius 1 is 1.20 bits per heavy atom. The van der Waals surface area contributed by atoms with Crippen molar-refractivity contribution in [3.63, 3.8) is 0 Å². The number of aromatic nitrogens is 1. The molecule has 1 unspecified atom stereocenters. The Balaban J connectivity index is 1.52. The Morgan fingerprint density at radius 2 is 2.08 bits per heavy atom. The number of aromatic amines is 1. The van der Waals surface area contributed by atoms with Gasteiger partial charge in [-0.1, -0.05) is 23.2 Å². The SMILES string of the molecule is O=C(Nc1cc(Cl)c2cc[nH]c2c1)NC1CCOc2ccc(Cl)cc21. The third kappa shape index (κ3) is 3.25. The number of ether oxygens (including phenoxy) is 1. The summed E-state index contributed by atoms with van der Waals surface area (Å²) in [6.45, 7) is 0.542. The van der Waals surface area contributed by atoms with Gasteiger partial charge in [0, 0.05) is 39.8 Å². The first kappa shape index (κ1) is 16.1. The van der Waals surface area contributed by atoms with Crippen LogP contribution in [0.2, 0.25) is 10.0 Å². The van der Waals surface area contributed by atoms with Crippen molar-refractivity contribution < 1.29 is 9.53 Å². The van der Waals surface area contributed by atoms with Crippen LogP contribution in [0.3, 0.4) is 0 Å². The zero-order valence-corrected chi connectivity index (χ0v) is 14.6. The number of hydrogen-bond acceptors (Lipinski definition) is 2. The summed E-state index contributed by atoms with van der Waals surface area (Å²) in [5, 5.41) is 7.91. The Kier molecular flexibility index (Phi) is 4.19. The summed E-state index contributed by atoms with van der Waals surface area (Å²) < 4.78 is 5.61. The number of carbonyl (C=O) groups excluding carboxylic acids is 1. The predicted octanol–water partition coefficient (Wildman–Crippen LogP) is 5.12. The molecule has 2 heterocycles. The van der Waals surface area contributed by atoms with Crippen LogP contribution in [0, 0.1) is 0 Å². The van der Waals surface area contributed by atoms with Crippen LogP contribution >= 0.6 is 23.2 Å². The fourth-order valence-corrected chi connectivity index (χ4v) is 3.50. The monoisotopic (exact) mass is 375 g/mol. The highest BCUT2D eigenvalue weighted by Gasteiger charge is 2.23. The van der Waals surface area contributed by atoms with E-state index < -0.39 is 0 Å². The molecule has 0 saturated heterocycles. The average Bonchev–Trinajstić information content (AvgIpc) is 3.04. The number of urea groups is 1. The summed E-state index contributed by atoms with van der Waals surface area (Å²) in [7, 11) is 0. The van der Waals surface area contributed by atoms with E-state index >= 15 is 0 Å². The fourth-order valence-electron chi connectivity index (χ4n) is 3.03. The first-order valence-electron chi connectivity index (χ1n) is 7.86. The Bertz CT molecular complexity index is 955. The second-order valence-corrected chi connectivity index (χ2v) is 6.71. The van der Waals surface area contributed by atoms with Gasteiger partial charge in [-0.15, -0.1) is 0 Å². The summed E-state index contributed by atoms with van der Waals surface area (Å²) in [6.07, 6.45) is 2.49. The number of rotatable bonds is 2. The highest BCUT2D eigenvalue weighted by atomic mass is 35.5. The molecule has 0 spiro atoms. The first-order valence-corrected chi connectivity index (χ1v) is 8.62. The number of H-pyrrole nitrogens is 1. The number of fused-ring (bicyclic) bond motifs is 2. The number of amides is 2. The van der Waals surface area contributed by atoms with Gasteiger partial charge in [-0.05, 0) is 36.4 Å². The van der Waals surface area contributed by atoms with E-state index in [4.69, 9.17) is 27.9 Å². The highest BCUT2D eigenvalue weighted by Crippen LogP contribution is 2.34. The molecule has 0 saturated carbocycles. The maximum Gasteiger partial charge on any atom is 0.319 e. The van der Waals surface area contributed by atoms with Crippen molar-refractivity contribution in [1.82, 2.24) is 10.3 Å². The molecule has 2 aromatic carbocycles. The zero-order valence-electron chi connectivity index (χ0n) is 13.1. The standard InChI is InChI=1S/C18H15Cl2N3O2/c19-10-1-2-17-13(7-10)15(4-6-25-17)23-18(24)22-11-8-14(20)12-3-5-21-16(12)9-11/h1-3,5,7-9,15,21H,4,6H2,(H2,22,23,24). The quantitative estimate of drug-likeness (QED) is 0.581. The number of benzene rings is 2. The fraction of sp³-hybridized carbons (Fsp3) is 0.167. The van der Waals surface area contributed by atoms with E-state index in [2.05, 4.69) is 15.6 Å². The van der Waals surface area contributed by atoms with Gasteiger partial charge in [0.05, 0.1) is 17.7 Å². The van der Waals surface area contributed by atoms with Crippen molar-refractivity contribution in [1.29, 1.82) is 0 Å². The molecule has 128 valence electrons. The lowest BCUT2D eigenvalue weighted by atomic mass is 10.0. The maximum atomic E-state index is 12.4. The molecule has 25 heavy (non-hydrogen) atoms. The molecule has 3 aromatic rings. The zero-order chi connectivity index (χ0) is 17.4. The van der Waals surface area contributed by atoms with Crippen LogP contribution in [0.5, 0.6) is 5.75 Å². The smallest absolute Gasteiger partial charge is 0.319 e. The van der Waals surface area contributed by atoms with Crippen molar-refractivity contribution in [2.75, 3.05) is 11.9 Å². The van der Waals surface area contributed by atoms with Crippen LogP contribution in [0.1, 0.15) is 18.0 Å². The van der Waals surface area contributed by atoms with E-state index in [1.807, 2.05) is 30.5 Å². The van der Waals surface area contributed by atoms with Crippen LogP contribution < -0.4 is 15.4 Å². The van der Waals surface area contributed by atoms with Gasteiger partial charge in [0.15, 0.2) is 0 Å². The molecule has 7 heteroatoms. The molecule has 1 aliphatic rings. The summed E-state index contributed by atoms with van der Waals surface area (Å²) in [4.78, 5) is 15.5. The molecule has 0 fully saturated rings. The third-order valence-electron chi connectivity index (χ3n) is 4.19. The van der Waals surface area contributed by atoms with Crippen LogP contribution in [-0.2, 0) is 0 Å². The number of halogens is 2. The Hall–Kier alpha value is -2.37. The minimum atomic E-state index is -0.306. The molecule has 5 nitrogen and oxygen atoms in total. The minimum Gasteiger partial charge on any atom is -0.493 e. The summed E-state index contributed by atoms with van der Waals surface area (Å²) >= 11 is 12.3. The van der Waals surface area contributed by atoms with Crippen LogP contribution in [-0.4, -0.2) is 17.6 Å². The molecule has 3 N–H and O–H groups in total. The summed E-state index contributed by atoms with van der Waals surface area (Å²) in [6, 6.07) is 10.4. The Labute approximate surface area is 154 Å². The van der Waals surface area contributed by atoms with Gasteiger partial charge in [0.25, 0.3) is 0 Å². The predicted molar refractivity (Wildman–Crippen MR) is 99.8 cm³/mol. The van der Waals surface area contributed by atoms with E-state index in [-0.39, 0.29) is 12.1 Å². The third-order valence-corrected chi connectivity index (χ3v) is 4.74. The summed E-state index contributed by atoms with van der Waals surface area (Å²) in [5.41, 5.74) is 2.37. The number of anilines is 1. The number of nitrogens with one attached hydrogen (secondary N) is 3. The molecule has 0 radical (unpaired) electrons. The van der Waals surface area contributed by atoms with Crippen molar-refractivity contribution in [2.24, 2.45) is 0 Å². The minimum absolute atomic E-state index is 0.160. The highest BCUT2D eigenvalue weighted by molar-refractivity contribution is 6.35. The molecule has 0 aliphatic carbocycles. The largest absolute Gasteiger partial charge is 0.493 e. The van der Waals surface area contributed by atoms with Gasteiger partial charge in [-0.2, -0.15) is 0 Å². The van der Waals surface area contributed by atoms with Crippen molar-refractivity contribution in [3.05, 3.63) is 58.2 Å². The van der Waals surface area contributed by atoms with Gasteiger partial charge in [0.1, 0.15) is 5.75 Å². The van der Waals surface area contributed by atoms with Crippen molar-refractivity contribution in [3.8, 4) is 5.75 Å². The van der Waals surface area contributed by atoms with E-state index in [9.17, 15) is 4.79 Å². The number of carbonyl (C=O) groups is 1. The molecule has 1 aliphatic heterocycles. The molecular weight excluding hydrogens is 361 g/mol. The molecular formula is C18H15Cl2N3O2. The second-order valence-electron chi connectivity index (χ2n) is 5.87. The van der Waals surface area contributed by atoms with Gasteiger partial charge in [-0.25, -0.2) is 4.79 Å². The molecule has 1 aromatic heterocycles. The van der Waals surface area contributed by atoms with Gasteiger partial charge < -0.3 is 20.4 Å². The number of hydrogen-bond donors (Lipinski definition) is 3. The topological polar surface area (TPSA) is 66.2 Å². The van der Waals surface area contributed by atoms with Crippen molar-refractivity contribution >= 4 is 45.8 Å². The van der Waals surface area contributed by atoms with E-state index in [0.717, 1.165) is 22.2 Å². The Morgan fingerprint density at radius 3 is 2.96 bits per heavy atom. The van der Waals surface area contributed by atoms with E-state index in [1.165, 1.54) is 0 Å². The van der Waals surface area contributed by atoms with Crippen LogP contribution in [0.15, 0.2) is 42.6 Å². The normalized spacial score (nSPS) is 16.2. The van der Waals surface area contributed by atoms with Crippen LogP contribution in [0.4, 0.5) is 10.5 Å². The molecule has 2 amide bonds. The van der Waals surface area contributed by atoms with Gasteiger partial charge in [0.2, 0.25) is 0 Å². The van der Waals surface area contributed by atoms with Crippen molar-refractivity contribution in [2.45, 2.75) is 12.5 Å². The van der Waals surface area contributed by atoms with Crippen LogP contribution in [0.25, 0.3) is 10.9 Å². The average molecular weight is 376 g/mol.